The van der Waals surface area contributed by atoms with E-state index in [1.807, 2.05) is 37.3 Å². The van der Waals surface area contributed by atoms with Gasteiger partial charge in [0.1, 0.15) is 0 Å². The summed E-state index contributed by atoms with van der Waals surface area (Å²) >= 11 is 0. The Hall–Kier alpha value is -1.90. The number of aromatic nitrogens is 1. The second-order valence-electron chi connectivity index (χ2n) is 3.58. The zero-order valence-corrected chi connectivity index (χ0v) is 8.53. The SMILES string of the molecule is Cc1cc(CC(N)=O)c2ccccc2n1. The van der Waals surface area contributed by atoms with Crippen LogP contribution in [0.15, 0.2) is 30.3 Å². The van der Waals surface area contributed by atoms with Crippen LogP contribution < -0.4 is 5.73 Å². The van der Waals surface area contributed by atoms with Gasteiger partial charge >= 0.3 is 0 Å². The van der Waals surface area contributed by atoms with Crippen LogP contribution in [0, 0.1) is 6.92 Å². The molecule has 0 bridgehead atoms. The first-order chi connectivity index (χ1) is 7.16. The van der Waals surface area contributed by atoms with Crippen LogP contribution in [0.3, 0.4) is 0 Å². The molecule has 0 spiro atoms. The lowest BCUT2D eigenvalue weighted by Gasteiger charge is -2.05. The molecule has 3 nitrogen and oxygen atoms in total. The predicted molar refractivity (Wildman–Crippen MR) is 59.4 cm³/mol. The topological polar surface area (TPSA) is 56.0 Å². The van der Waals surface area contributed by atoms with E-state index in [-0.39, 0.29) is 12.3 Å². The number of carbonyl (C=O) groups is 1. The minimum Gasteiger partial charge on any atom is -0.369 e. The number of nitrogens with zero attached hydrogens (tertiary/aromatic N) is 1. The molecule has 2 rings (SSSR count). The summed E-state index contributed by atoms with van der Waals surface area (Å²) in [5.41, 5.74) is 7.97. The Kier molecular flexibility index (Phi) is 2.37. The molecule has 1 amide bonds. The van der Waals surface area contributed by atoms with Gasteiger partial charge in [0.05, 0.1) is 11.9 Å². The predicted octanol–water partition coefficient (Wildman–Crippen LogP) is 1.57. The van der Waals surface area contributed by atoms with Gasteiger partial charge in [-0.2, -0.15) is 0 Å². The van der Waals surface area contributed by atoms with E-state index >= 15 is 0 Å². The van der Waals surface area contributed by atoms with Crippen LogP contribution in [0.25, 0.3) is 10.9 Å². The number of primary amides is 1. The van der Waals surface area contributed by atoms with Crippen molar-refractivity contribution in [1.82, 2.24) is 4.98 Å². The Labute approximate surface area is 87.9 Å². The average molecular weight is 200 g/mol. The molecule has 0 saturated carbocycles. The quantitative estimate of drug-likeness (QED) is 0.800. The normalized spacial score (nSPS) is 10.5. The van der Waals surface area contributed by atoms with Crippen LogP contribution in [0.2, 0.25) is 0 Å². The fraction of sp³-hybridized carbons (Fsp3) is 0.167. The molecule has 0 aliphatic heterocycles. The number of pyridine rings is 1. The summed E-state index contributed by atoms with van der Waals surface area (Å²) in [4.78, 5) is 15.3. The molecule has 0 aliphatic carbocycles. The summed E-state index contributed by atoms with van der Waals surface area (Å²) in [5, 5.41) is 1.00. The van der Waals surface area contributed by atoms with Crippen LogP contribution in [0.5, 0.6) is 0 Å². The Morgan fingerprint density at radius 1 is 1.40 bits per heavy atom. The fourth-order valence-electron chi connectivity index (χ4n) is 1.73. The maximum Gasteiger partial charge on any atom is 0.221 e. The number of hydrogen-bond donors (Lipinski definition) is 1. The molecular formula is C12H12N2O. The molecular weight excluding hydrogens is 188 g/mol. The molecule has 1 aromatic carbocycles. The molecule has 76 valence electrons. The molecule has 0 atom stereocenters. The van der Waals surface area contributed by atoms with Crippen LogP contribution in [-0.4, -0.2) is 10.9 Å². The number of rotatable bonds is 2. The monoisotopic (exact) mass is 200 g/mol. The number of para-hydroxylation sites is 1. The Bertz CT molecular complexity index is 520. The van der Waals surface area contributed by atoms with E-state index in [2.05, 4.69) is 4.98 Å². The lowest BCUT2D eigenvalue weighted by atomic mass is 10.0. The van der Waals surface area contributed by atoms with Gasteiger partial charge < -0.3 is 5.73 Å². The molecule has 2 N–H and O–H groups in total. The number of amides is 1. The fourth-order valence-corrected chi connectivity index (χ4v) is 1.73. The van der Waals surface area contributed by atoms with Gasteiger partial charge in [0, 0.05) is 11.1 Å². The van der Waals surface area contributed by atoms with Crippen molar-refractivity contribution in [3.8, 4) is 0 Å². The van der Waals surface area contributed by atoms with Crippen molar-refractivity contribution in [2.45, 2.75) is 13.3 Å². The third kappa shape index (κ3) is 1.96. The summed E-state index contributed by atoms with van der Waals surface area (Å²) in [6.07, 6.45) is 0.268. The van der Waals surface area contributed by atoms with E-state index < -0.39 is 0 Å². The first-order valence-corrected chi connectivity index (χ1v) is 4.80. The highest BCUT2D eigenvalue weighted by Crippen LogP contribution is 2.18. The number of nitrogens with two attached hydrogens (primary N) is 1. The third-order valence-electron chi connectivity index (χ3n) is 2.29. The van der Waals surface area contributed by atoms with E-state index in [0.29, 0.717) is 0 Å². The summed E-state index contributed by atoms with van der Waals surface area (Å²) in [6, 6.07) is 9.67. The van der Waals surface area contributed by atoms with E-state index in [0.717, 1.165) is 22.2 Å². The highest BCUT2D eigenvalue weighted by atomic mass is 16.1. The molecule has 0 unspecified atom stereocenters. The Balaban J connectivity index is 2.65. The van der Waals surface area contributed by atoms with Crippen LogP contribution in [-0.2, 0) is 11.2 Å². The molecule has 0 fully saturated rings. The van der Waals surface area contributed by atoms with Gasteiger partial charge in [0.15, 0.2) is 0 Å². The van der Waals surface area contributed by atoms with Crippen LogP contribution in [0.4, 0.5) is 0 Å². The standard InChI is InChI=1S/C12H12N2O/c1-8-6-9(7-12(13)15)10-4-2-3-5-11(10)14-8/h2-6H,7H2,1H3,(H2,13,15). The molecule has 1 aromatic heterocycles. The second kappa shape index (κ2) is 3.69. The average Bonchev–Trinajstić information content (AvgIpc) is 2.16. The van der Waals surface area contributed by atoms with Crippen molar-refractivity contribution in [1.29, 1.82) is 0 Å². The molecule has 0 saturated heterocycles. The molecule has 15 heavy (non-hydrogen) atoms. The molecule has 3 heteroatoms. The minimum atomic E-state index is -0.314. The summed E-state index contributed by atoms with van der Waals surface area (Å²) in [5.74, 6) is -0.314. The van der Waals surface area contributed by atoms with Gasteiger partial charge in [-0.25, -0.2) is 0 Å². The van der Waals surface area contributed by atoms with E-state index in [9.17, 15) is 4.79 Å². The number of fused-ring (bicyclic) bond motifs is 1. The van der Waals surface area contributed by atoms with Gasteiger partial charge in [-0.15, -0.1) is 0 Å². The number of benzene rings is 1. The van der Waals surface area contributed by atoms with Crippen molar-refractivity contribution in [3.63, 3.8) is 0 Å². The van der Waals surface area contributed by atoms with Crippen molar-refractivity contribution in [2.75, 3.05) is 0 Å². The minimum absolute atomic E-state index is 0.268. The van der Waals surface area contributed by atoms with Crippen LogP contribution in [0.1, 0.15) is 11.3 Å². The zero-order valence-electron chi connectivity index (χ0n) is 8.53. The molecule has 0 radical (unpaired) electrons. The Morgan fingerprint density at radius 3 is 2.87 bits per heavy atom. The lowest BCUT2D eigenvalue weighted by molar-refractivity contribution is -0.117. The third-order valence-corrected chi connectivity index (χ3v) is 2.29. The highest BCUT2D eigenvalue weighted by molar-refractivity contribution is 5.87. The second-order valence-corrected chi connectivity index (χ2v) is 3.58. The zero-order chi connectivity index (χ0) is 10.8. The van der Waals surface area contributed by atoms with Gasteiger partial charge in [0.2, 0.25) is 5.91 Å². The number of hydrogen-bond acceptors (Lipinski definition) is 2. The van der Waals surface area contributed by atoms with Crippen molar-refractivity contribution >= 4 is 16.8 Å². The number of carbonyl (C=O) groups excluding carboxylic acids is 1. The van der Waals surface area contributed by atoms with Gasteiger partial charge in [0.25, 0.3) is 0 Å². The van der Waals surface area contributed by atoms with Gasteiger partial charge in [-0.3, -0.25) is 9.78 Å². The smallest absolute Gasteiger partial charge is 0.221 e. The molecule has 0 aliphatic rings. The number of aryl methyl sites for hydroxylation is 1. The van der Waals surface area contributed by atoms with E-state index in [1.165, 1.54) is 0 Å². The van der Waals surface area contributed by atoms with Gasteiger partial charge in [-0.1, -0.05) is 18.2 Å². The summed E-state index contributed by atoms with van der Waals surface area (Å²) in [7, 11) is 0. The maximum absolute atomic E-state index is 10.9. The summed E-state index contributed by atoms with van der Waals surface area (Å²) < 4.78 is 0. The molecule has 1 heterocycles. The largest absolute Gasteiger partial charge is 0.369 e. The van der Waals surface area contributed by atoms with Crippen LogP contribution >= 0.6 is 0 Å². The van der Waals surface area contributed by atoms with Gasteiger partial charge in [-0.05, 0) is 24.6 Å². The first kappa shape index (κ1) is 9.65. The van der Waals surface area contributed by atoms with E-state index in [4.69, 9.17) is 5.73 Å². The lowest BCUT2D eigenvalue weighted by Crippen LogP contribution is -2.14. The van der Waals surface area contributed by atoms with Crippen molar-refractivity contribution in [3.05, 3.63) is 41.6 Å². The van der Waals surface area contributed by atoms with Crippen molar-refractivity contribution < 1.29 is 4.79 Å². The maximum atomic E-state index is 10.9. The summed E-state index contributed by atoms with van der Waals surface area (Å²) in [6.45, 7) is 1.91. The first-order valence-electron chi connectivity index (χ1n) is 4.80. The Morgan fingerprint density at radius 2 is 2.13 bits per heavy atom. The van der Waals surface area contributed by atoms with Crippen molar-refractivity contribution in [2.24, 2.45) is 5.73 Å². The molecule has 2 aromatic rings. The highest BCUT2D eigenvalue weighted by Gasteiger charge is 2.05. The van der Waals surface area contributed by atoms with E-state index in [1.54, 1.807) is 0 Å².